The summed E-state index contributed by atoms with van der Waals surface area (Å²) in [6, 6.07) is 5.96. The quantitative estimate of drug-likeness (QED) is 0.485. The molecular formula is C17H25FO5S. The van der Waals surface area contributed by atoms with Crippen LogP contribution in [0.15, 0.2) is 24.3 Å². The van der Waals surface area contributed by atoms with Crippen molar-refractivity contribution in [1.82, 2.24) is 0 Å². The highest BCUT2D eigenvalue weighted by atomic mass is 32.3. The second-order valence-corrected chi connectivity index (χ2v) is 7.07. The molecule has 0 radical (unpaired) electrons. The molecule has 0 unspecified atom stereocenters. The van der Waals surface area contributed by atoms with Crippen molar-refractivity contribution in [3.05, 3.63) is 29.8 Å². The number of hydrogen-bond donors (Lipinski definition) is 0. The van der Waals surface area contributed by atoms with Gasteiger partial charge in [-0.25, -0.2) is 0 Å². The van der Waals surface area contributed by atoms with Crippen molar-refractivity contribution in [2.45, 2.75) is 51.7 Å². The van der Waals surface area contributed by atoms with E-state index in [9.17, 15) is 12.3 Å². The van der Waals surface area contributed by atoms with Gasteiger partial charge in [0.25, 0.3) is 0 Å². The number of benzene rings is 1. The van der Waals surface area contributed by atoms with Crippen LogP contribution in [0.3, 0.4) is 0 Å². The highest BCUT2D eigenvalue weighted by Crippen LogP contribution is 2.28. The van der Waals surface area contributed by atoms with Gasteiger partial charge >= 0.3 is 10.5 Å². The standard InChI is InChI=1S/C17H25FO5S/c1-2-3-4-5-6-7-14-12-21-17(22-13-14)15-8-10-16(11-9-15)23-24(18,19)20/h8-11,14,17H,2-7,12-13H2,1H3. The van der Waals surface area contributed by atoms with Crippen molar-refractivity contribution in [2.24, 2.45) is 5.92 Å². The lowest BCUT2D eigenvalue weighted by atomic mass is 10.0. The first-order valence-corrected chi connectivity index (χ1v) is 9.76. The molecule has 1 saturated heterocycles. The van der Waals surface area contributed by atoms with E-state index in [1.54, 1.807) is 12.1 Å². The normalized spacial score (nSPS) is 21.6. The molecule has 0 N–H and O–H groups in total. The van der Waals surface area contributed by atoms with Crippen LogP contribution in [0.5, 0.6) is 5.75 Å². The topological polar surface area (TPSA) is 61.8 Å². The summed E-state index contributed by atoms with van der Waals surface area (Å²) in [6.45, 7) is 3.50. The minimum atomic E-state index is -5.00. The molecule has 0 atom stereocenters. The first-order chi connectivity index (χ1) is 11.5. The molecule has 5 nitrogen and oxygen atoms in total. The molecule has 0 amide bonds. The molecule has 0 aromatic heterocycles. The van der Waals surface area contributed by atoms with Gasteiger partial charge in [-0.15, -0.1) is 0 Å². The second kappa shape index (κ2) is 9.34. The fourth-order valence-electron chi connectivity index (χ4n) is 2.73. The first kappa shape index (κ1) is 19.1. The molecule has 24 heavy (non-hydrogen) atoms. The van der Waals surface area contributed by atoms with Gasteiger partial charge in [0.15, 0.2) is 6.29 Å². The van der Waals surface area contributed by atoms with Gasteiger partial charge in [0, 0.05) is 11.5 Å². The number of ether oxygens (including phenoxy) is 2. The van der Waals surface area contributed by atoms with E-state index in [2.05, 4.69) is 11.1 Å². The molecule has 1 aromatic carbocycles. The maximum atomic E-state index is 12.4. The lowest BCUT2D eigenvalue weighted by Gasteiger charge is -2.29. The molecule has 1 aliphatic rings. The summed E-state index contributed by atoms with van der Waals surface area (Å²) in [5, 5.41) is 0. The Morgan fingerprint density at radius 2 is 1.71 bits per heavy atom. The van der Waals surface area contributed by atoms with Crippen LogP contribution in [0.2, 0.25) is 0 Å². The van der Waals surface area contributed by atoms with Gasteiger partial charge in [-0.1, -0.05) is 55.0 Å². The van der Waals surface area contributed by atoms with Gasteiger partial charge in [0.05, 0.1) is 13.2 Å². The maximum Gasteiger partial charge on any atom is 0.488 e. The van der Waals surface area contributed by atoms with Crippen molar-refractivity contribution in [3.8, 4) is 5.75 Å². The van der Waals surface area contributed by atoms with E-state index < -0.39 is 16.8 Å². The van der Waals surface area contributed by atoms with Crippen molar-refractivity contribution in [1.29, 1.82) is 0 Å². The Morgan fingerprint density at radius 1 is 1.08 bits per heavy atom. The first-order valence-electron chi connectivity index (χ1n) is 8.45. The SMILES string of the molecule is CCCCCCCC1COC(c2ccc(OS(=O)(=O)F)cc2)OC1. The van der Waals surface area contributed by atoms with Crippen LogP contribution in [-0.2, 0) is 20.0 Å². The molecule has 0 aliphatic carbocycles. The van der Waals surface area contributed by atoms with E-state index in [1.165, 1.54) is 44.2 Å². The second-order valence-electron chi connectivity index (χ2n) is 6.11. The smallest absolute Gasteiger partial charge is 0.358 e. The van der Waals surface area contributed by atoms with Crippen LogP contribution in [0.25, 0.3) is 0 Å². The largest absolute Gasteiger partial charge is 0.488 e. The zero-order chi connectivity index (χ0) is 17.4. The number of halogens is 1. The van der Waals surface area contributed by atoms with E-state index in [1.807, 2.05) is 0 Å². The third kappa shape index (κ3) is 6.75. The molecule has 7 heteroatoms. The fraction of sp³-hybridized carbons (Fsp3) is 0.647. The molecule has 1 aliphatic heterocycles. The number of hydrogen-bond acceptors (Lipinski definition) is 5. The molecular weight excluding hydrogens is 335 g/mol. The molecule has 1 heterocycles. The molecule has 1 fully saturated rings. The monoisotopic (exact) mass is 360 g/mol. The molecule has 2 rings (SSSR count). The predicted molar refractivity (Wildman–Crippen MR) is 88.6 cm³/mol. The third-order valence-electron chi connectivity index (χ3n) is 4.03. The average molecular weight is 360 g/mol. The van der Waals surface area contributed by atoms with Gasteiger partial charge in [-0.3, -0.25) is 0 Å². The van der Waals surface area contributed by atoms with Crippen molar-refractivity contribution in [3.63, 3.8) is 0 Å². The van der Waals surface area contributed by atoms with E-state index >= 15 is 0 Å². The van der Waals surface area contributed by atoms with Gasteiger partial charge in [-0.2, -0.15) is 8.42 Å². The summed E-state index contributed by atoms with van der Waals surface area (Å²) < 4.78 is 48.9. The Morgan fingerprint density at radius 3 is 2.29 bits per heavy atom. The van der Waals surface area contributed by atoms with Crippen molar-refractivity contribution < 1.29 is 26.0 Å². The number of rotatable bonds is 9. The Labute approximate surface area is 143 Å². The lowest BCUT2D eigenvalue weighted by molar-refractivity contribution is -0.206. The summed E-state index contributed by atoms with van der Waals surface area (Å²) in [5.74, 6) is 0.337. The Bertz CT molecular complexity index is 580. The van der Waals surface area contributed by atoms with Gasteiger partial charge < -0.3 is 13.7 Å². The fourth-order valence-corrected chi connectivity index (χ4v) is 3.08. The highest BCUT2D eigenvalue weighted by molar-refractivity contribution is 7.81. The summed E-state index contributed by atoms with van der Waals surface area (Å²) in [4.78, 5) is 0. The van der Waals surface area contributed by atoms with Crippen LogP contribution >= 0.6 is 0 Å². The Hall–Kier alpha value is -1.18. The van der Waals surface area contributed by atoms with Crippen molar-refractivity contribution >= 4 is 10.5 Å². The Balaban J connectivity index is 1.74. The summed E-state index contributed by atoms with van der Waals surface area (Å²) in [6.07, 6.45) is 6.92. The average Bonchev–Trinajstić information content (AvgIpc) is 2.55. The van der Waals surface area contributed by atoms with Crippen LogP contribution in [-0.4, -0.2) is 21.6 Å². The lowest BCUT2D eigenvalue weighted by Crippen LogP contribution is -2.27. The van der Waals surface area contributed by atoms with Crippen LogP contribution < -0.4 is 4.18 Å². The predicted octanol–water partition coefficient (Wildman–Crippen LogP) is 4.30. The molecule has 1 aromatic rings. The van der Waals surface area contributed by atoms with E-state index in [4.69, 9.17) is 9.47 Å². The Kier molecular flexibility index (Phi) is 7.45. The van der Waals surface area contributed by atoms with E-state index in [0.717, 1.165) is 12.0 Å². The minimum Gasteiger partial charge on any atom is -0.358 e. The summed E-state index contributed by atoms with van der Waals surface area (Å²) in [5.41, 5.74) is 0.750. The maximum absolute atomic E-state index is 12.4. The zero-order valence-electron chi connectivity index (χ0n) is 13.9. The molecule has 0 spiro atoms. The van der Waals surface area contributed by atoms with Gasteiger partial charge in [0.1, 0.15) is 5.75 Å². The zero-order valence-corrected chi connectivity index (χ0v) is 14.8. The van der Waals surface area contributed by atoms with Crippen LogP contribution in [0.4, 0.5) is 3.89 Å². The van der Waals surface area contributed by atoms with E-state index in [0.29, 0.717) is 19.1 Å². The minimum absolute atomic E-state index is 0.0815. The van der Waals surface area contributed by atoms with Crippen LogP contribution in [0, 0.1) is 5.92 Å². The van der Waals surface area contributed by atoms with Crippen molar-refractivity contribution in [2.75, 3.05) is 13.2 Å². The summed E-state index contributed by atoms with van der Waals surface area (Å²) in [7, 11) is -5.00. The molecule has 0 bridgehead atoms. The van der Waals surface area contributed by atoms with Crippen LogP contribution in [0.1, 0.15) is 57.3 Å². The summed E-state index contributed by atoms with van der Waals surface area (Å²) >= 11 is 0. The molecule has 0 saturated carbocycles. The number of unbranched alkanes of at least 4 members (excludes halogenated alkanes) is 4. The molecule has 136 valence electrons. The van der Waals surface area contributed by atoms with Gasteiger partial charge in [-0.05, 0) is 18.6 Å². The highest BCUT2D eigenvalue weighted by Gasteiger charge is 2.23. The van der Waals surface area contributed by atoms with Gasteiger partial charge in [0.2, 0.25) is 0 Å². The van der Waals surface area contributed by atoms with E-state index in [-0.39, 0.29) is 5.75 Å². The third-order valence-corrected chi connectivity index (χ3v) is 4.42.